The van der Waals surface area contributed by atoms with E-state index in [-0.39, 0.29) is 24.3 Å². The summed E-state index contributed by atoms with van der Waals surface area (Å²) in [6.45, 7) is 1.41. The third-order valence-electron chi connectivity index (χ3n) is 5.53. The maximum absolute atomic E-state index is 12.3. The summed E-state index contributed by atoms with van der Waals surface area (Å²) in [4.78, 5) is 23.7. The maximum Gasteiger partial charge on any atom is 0.224 e. The highest BCUT2D eigenvalue weighted by Gasteiger charge is 2.44. The van der Waals surface area contributed by atoms with E-state index in [1.54, 1.807) is 0 Å². The van der Waals surface area contributed by atoms with Gasteiger partial charge in [0.05, 0.1) is 12.3 Å². The Kier molecular flexibility index (Phi) is 4.25. The fourth-order valence-electron chi connectivity index (χ4n) is 4.26. The van der Waals surface area contributed by atoms with Crippen molar-refractivity contribution >= 4 is 5.91 Å². The predicted octanol–water partition coefficient (Wildman–Crippen LogP) is 2.33. The van der Waals surface area contributed by atoms with E-state index in [0.717, 1.165) is 49.3 Å². The zero-order chi connectivity index (χ0) is 17.3. The van der Waals surface area contributed by atoms with E-state index in [1.807, 2.05) is 41.4 Å². The number of amides is 1. The molecule has 1 spiro atoms. The van der Waals surface area contributed by atoms with Crippen LogP contribution in [0.2, 0.25) is 0 Å². The molecule has 1 N–H and O–H groups in total. The number of carbonyl (C=O) groups excluding carboxylic acids is 1. The second-order valence-electron chi connectivity index (χ2n) is 7.11. The third kappa shape index (κ3) is 2.93. The van der Waals surface area contributed by atoms with E-state index in [9.17, 15) is 4.79 Å². The summed E-state index contributed by atoms with van der Waals surface area (Å²) in [6.07, 6.45) is 6.23. The lowest BCUT2D eigenvalue weighted by Gasteiger charge is -2.40. The van der Waals surface area contributed by atoms with E-state index in [1.165, 1.54) is 5.56 Å². The van der Waals surface area contributed by atoms with Gasteiger partial charge in [0.2, 0.25) is 5.91 Å². The number of aliphatic hydroxyl groups is 1. The monoisotopic (exact) mass is 337 g/mol. The molecule has 2 aliphatic rings. The Hall–Kier alpha value is -2.27. The van der Waals surface area contributed by atoms with Gasteiger partial charge in [0.25, 0.3) is 0 Å². The fourth-order valence-corrected chi connectivity index (χ4v) is 4.26. The summed E-state index contributed by atoms with van der Waals surface area (Å²) in [5.41, 5.74) is 3.32. The van der Waals surface area contributed by atoms with Gasteiger partial charge < -0.3 is 10.0 Å². The molecule has 0 bridgehead atoms. The topological polar surface area (TPSA) is 66.3 Å². The molecule has 1 saturated heterocycles. The van der Waals surface area contributed by atoms with Gasteiger partial charge in [-0.25, -0.2) is 9.97 Å². The number of aromatic nitrogens is 2. The van der Waals surface area contributed by atoms with Crippen molar-refractivity contribution in [1.82, 2.24) is 14.9 Å². The second-order valence-corrected chi connectivity index (χ2v) is 7.11. The van der Waals surface area contributed by atoms with Crippen molar-refractivity contribution in [2.24, 2.45) is 0 Å². The van der Waals surface area contributed by atoms with Gasteiger partial charge in [-0.1, -0.05) is 30.3 Å². The average molecular weight is 337 g/mol. The molecule has 1 unspecified atom stereocenters. The van der Waals surface area contributed by atoms with E-state index in [2.05, 4.69) is 4.98 Å². The summed E-state index contributed by atoms with van der Waals surface area (Å²) < 4.78 is 0. The quantitative estimate of drug-likeness (QED) is 0.933. The highest BCUT2D eigenvalue weighted by Crippen LogP contribution is 2.44. The van der Waals surface area contributed by atoms with Gasteiger partial charge in [-0.05, 0) is 31.2 Å². The largest absolute Gasteiger partial charge is 0.396 e. The van der Waals surface area contributed by atoms with Crippen molar-refractivity contribution in [1.29, 1.82) is 0 Å². The van der Waals surface area contributed by atoms with E-state index in [4.69, 9.17) is 10.1 Å². The summed E-state index contributed by atoms with van der Waals surface area (Å²) in [5, 5.41) is 9.08. The van der Waals surface area contributed by atoms with Gasteiger partial charge in [-0.2, -0.15) is 0 Å². The fraction of sp³-hybridized carbons (Fsp3) is 0.450. The number of benzene rings is 1. The highest BCUT2D eigenvalue weighted by atomic mass is 16.3. The Bertz CT molecular complexity index is 774. The van der Waals surface area contributed by atoms with E-state index < -0.39 is 0 Å². The van der Waals surface area contributed by atoms with Crippen LogP contribution in [0, 0.1) is 0 Å². The molecule has 2 heterocycles. The standard InChI is InChI=1S/C20H23N3O2/c24-12-8-17(25)23-11-4-9-20(14-23)10-7-16-13-21-19(22-18(16)20)15-5-2-1-3-6-15/h1-3,5-6,13,24H,4,7-12,14H2. The minimum Gasteiger partial charge on any atom is -0.396 e. The molecular formula is C20H23N3O2. The first-order valence-corrected chi connectivity index (χ1v) is 9.02. The molecule has 1 atom stereocenters. The van der Waals surface area contributed by atoms with Gasteiger partial charge in [-0.15, -0.1) is 0 Å². The van der Waals surface area contributed by atoms with Crippen LogP contribution in [-0.2, 0) is 16.6 Å². The molecule has 1 aliphatic heterocycles. The first kappa shape index (κ1) is 16.2. The van der Waals surface area contributed by atoms with Crippen molar-refractivity contribution < 1.29 is 9.90 Å². The molecule has 1 fully saturated rings. The number of carbonyl (C=O) groups is 1. The van der Waals surface area contributed by atoms with E-state index in [0.29, 0.717) is 6.54 Å². The van der Waals surface area contributed by atoms with Crippen LogP contribution in [-0.4, -0.2) is 45.6 Å². The zero-order valence-electron chi connectivity index (χ0n) is 14.3. The number of likely N-dealkylation sites (tertiary alicyclic amines) is 1. The molecule has 0 radical (unpaired) electrons. The second kappa shape index (κ2) is 6.56. The van der Waals surface area contributed by atoms with Crippen LogP contribution in [0.3, 0.4) is 0 Å². The number of hydrogen-bond acceptors (Lipinski definition) is 4. The van der Waals surface area contributed by atoms with Crippen molar-refractivity contribution in [3.05, 3.63) is 47.8 Å². The molecule has 1 aromatic carbocycles. The normalized spacial score (nSPS) is 22.2. The lowest BCUT2D eigenvalue weighted by molar-refractivity contribution is -0.134. The number of nitrogens with zero attached hydrogens (tertiary/aromatic N) is 3. The molecule has 4 rings (SSSR count). The Labute approximate surface area is 147 Å². The summed E-state index contributed by atoms with van der Waals surface area (Å²) >= 11 is 0. The first-order chi connectivity index (χ1) is 12.2. The van der Waals surface area contributed by atoms with Crippen LogP contribution in [0.5, 0.6) is 0 Å². The molecule has 5 nitrogen and oxygen atoms in total. The summed E-state index contributed by atoms with van der Waals surface area (Å²) in [7, 11) is 0. The average Bonchev–Trinajstić information content (AvgIpc) is 3.00. The van der Waals surface area contributed by atoms with E-state index >= 15 is 0 Å². The van der Waals surface area contributed by atoms with Crippen molar-refractivity contribution in [3.63, 3.8) is 0 Å². The summed E-state index contributed by atoms with van der Waals surface area (Å²) in [6, 6.07) is 10.0. The molecule has 25 heavy (non-hydrogen) atoms. The molecule has 1 aliphatic carbocycles. The number of hydrogen-bond donors (Lipinski definition) is 1. The third-order valence-corrected chi connectivity index (χ3v) is 5.53. The lowest BCUT2D eigenvalue weighted by atomic mass is 9.77. The highest BCUT2D eigenvalue weighted by molar-refractivity contribution is 5.76. The number of piperidine rings is 1. The zero-order valence-corrected chi connectivity index (χ0v) is 14.3. The van der Waals surface area contributed by atoms with Gasteiger partial charge in [0.15, 0.2) is 5.82 Å². The van der Waals surface area contributed by atoms with Crippen LogP contribution >= 0.6 is 0 Å². The minimum atomic E-state index is -0.0841. The first-order valence-electron chi connectivity index (χ1n) is 9.02. The Morgan fingerprint density at radius 3 is 2.88 bits per heavy atom. The van der Waals surface area contributed by atoms with Gasteiger partial charge >= 0.3 is 0 Å². The SMILES string of the molecule is O=C(CCO)N1CCCC2(CCc3cnc(-c4ccccc4)nc32)C1. The van der Waals surface area contributed by atoms with Crippen molar-refractivity contribution in [3.8, 4) is 11.4 Å². The molecule has 130 valence electrons. The summed E-state index contributed by atoms with van der Waals surface area (Å²) in [5.74, 6) is 0.812. The predicted molar refractivity (Wildman–Crippen MR) is 95.0 cm³/mol. The van der Waals surface area contributed by atoms with Crippen LogP contribution in [0.15, 0.2) is 36.5 Å². The Morgan fingerprint density at radius 2 is 2.08 bits per heavy atom. The van der Waals surface area contributed by atoms with Gasteiger partial charge in [0.1, 0.15) is 0 Å². The molecule has 2 aromatic rings. The van der Waals surface area contributed by atoms with Crippen LogP contribution in [0.25, 0.3) is 11.4 Å². The number of fused-ring (bicyclic) bond motifs is 2. The van der Waals surface area contributed by atoms with Crippen molar-refractivity contribution in [2.45, 2.75) is 37.5 Å². The maximum atomic E-state index is 12.3. The Balaban J connectivity index is 1.67. The molecule has 1 amide bonds. The smallest absolute Gasteiger partial charge is 0.224 e. The van der Waals surface area contributed by atoms with Crippen LogP contribution in [0.1, 0.15) is 36.9 Å². The van der Waals surface area contributed by atoms with Crippen LogP contribution < -0.4 is 0 Å². The Morgan fingerprint density at radius 1 is 1.24 bits per heavy atom. The van der Waals surface area contributed by atoms with Crippen LogP contribution in [0.4, 0.5) is 0 Å². The van der Waals surface area contributed by atoms with Gasteiger partial charge in [-0.3, -0.25) is 4.79 Å². The lowest BCUT2D eigenvalue weighted by Crippen LogP contribution is -2.48. The number of rotatable bonds is 3. The molecule has 5 heteroatoms. The number of aliphatic hydroxyl groups excluding tert-OH is 1. The minimum absolute atomic E-state index is 0.0485. The van der Waals surface area contributed by atoms with Gasteiger partial charge in [0, 0.05) is 36.7 Å². The number of aryl methyl sites for hydroxylation is 1. The molecule has 0 saturated carbocycles. The van der Waals surface area contributed by atoms with Crippen molar-refractivity contribution in [2.75, 3.05) is 19.7 Å². The molecule has 1 aromatic heterocycles. The molecular weight excluding hydrogens is 314 g/mol.